The Bertz CT molecular complexity index is 639. The number of pyridine rings is 1. The van der Waals surface area contributed by atoms with Crippen molar-refractivity contribution in [2.45, 2.75) is 6.10 Å². The summed E-state index contributed by atoms with van der Waals surface area (Å²) in [6.45, 7) is 0. The summed E-state index contributed by atoms with van der Waals surface area (Å²) < 4.78 is 7.93. The largest absolute Gasteiger partial charge is 0.382 e. The Kier molecular flexibility index (Phi) is 2.55. The minimum Gasteiger partial charge on any atom is -0.382 e. The Balaban J connectivity index is 2.06. The van der Waals surface area contributed by atoms with E-state index in [1.54, 1.807) is 12.4 Å². The van der Waals surface area contributed by atoms with Crippen LogP contribution >= 0.6 is 11.7 Å². The van der Waals surface area contributed by atoms with Crippen molar-refractivity contribution < 1.29 is 5.11 Å². The zero-order valence-electron chi connectivity index (χ0n) is 8.82. The smallest absolute Gasteiger partial charge is 0.124 e. The minimum absolute atomic E-state index is 0.582. The van der Waals surface area contributed by atoms with E-state index in [9.17, 15) is 5.11 Å². The third kappa shape index (κ3) is 1.90. The molecule has 0 aliphatic rings. The molecule has 1 atom stereocenters. The first kappa shape index (κ1) is 10.3. The highest BCUT2D eigenvalue weighted by molar-refractivity contribution is 6.99. The molecule has 3 aromatic rings. The van der Waals surface area contributed by atoms with E-state index in [2.05, 4.69) is 13.7 Å². The maximum Gasteiger partial charge on any atom is 0.124 e. The number of fused-ring (bicyclic) bond motifs is 1. The van der Waals surface area contributed by atoms with Gasteiger partial charge >= 0.3 is 0 Å². The van der Waals surface area contributed by atoms with E-state index >= 15 is 0 Å². The number of aromatic nitrogens is 3. The average Bonchev–Trinajstić information content (AvgIpc) is 2.91. The van der Waals surface area contributed by atoms with E-state index < -0.39 is 6.10 Å². The van der Waals surface area contributed by atoms with Crippen LogP contribution in [0, 0.1) is 0 Å². The number of benzene rings is 1. The average molecular weight is 243 g/mol. The van der Waals surface area contributed by atoms with E-state index in [0.717, 1.165) is 28.2 Å². The predicted octanol–water partition coefficient (Wildman–Crippen LogP) is 2.17. The topological polar surface area (TPSA) is 58.9 Å². The van der Waals surface area contributed by atoms with Crippen LogP contribution in [0.2, 0.25) is 0 Å². The van der Waals surface area contributed by atoms with Gasteiger partial charge in [0.05, 0.1) is 23.4 Å². The molecule has 0 fully saturated rings. The van der Waals surface area contributed by atoms with Crippen molar-refractivity contribution in [2.75, 3.05) is 0 Å². The summed E-state index contributed by atoms with van der Waals surface area (Å²) in [5.74, 6) is 0. The fourth-order valence-corrected chi connectivity index (χ4v) is 2.17. The van der Waals surface area contributed by atoms with Crippen LogP contribution in [-0.2, 0) is 0 Å². The third-order valence-electron chi connectivity index (χ3n) is 2.60. The number of hydrogen-bond acceptors (Lipinski definition) is 5. The third-order valence-corrected chi connectivity index (χ3v) is 3.09. The lowest BCUT2D eigenvalue weighted by molar-refractivity contribution is 0.216. The number of hydrogen-bond donors (Lipinski definition) is 1. The highest BCUT2D eigenvalue weighted by atomic mass is 32.1. The fourth-order valence-electron chi connectivity index (χ4n) is 1.73. The number of nitrogens with zero attached hydrogens (tertiary/aromatic N) is 3. The predicted molar refractivity (Wildman–Crippen MR) is 65.7 cm³/mol. The lowest BCUT2D eigenvalue weighted by Crippen LogP contribution is -1.99. The van der Waals surface area contributed by atoms with Crippen LogP contribution in [-0.4, -0.2) is 18.8 Å². The van der Waals surface area contributed by atoms with Gasteiger partial charge < -0.3 is 5.11 Å². The Morgan fingerprint density at radius 3 is 3.00 bits per heavy atom. The highest BCUT2D eigenvalue weighted by Gasteiger charge is 2.13. The van der Waals surface area contributed by atoms with Crippen LogP contribution < -0.4 is 0 Å². The molecule has 1 unspecified atom stereocenters. The lowest BCUT2D eigenvalue weighted by atomic mass is 10.0. The zero-order valence-corrected chi connectivity index (χ0v) is 9.63. The highest BCUT2D eigenvalue weighted by Crippen LogP contribution is 2.23. The molecule has 0 radical (unpaired) electrons. The molecule has 5 heteroatoms. The molecule has 4 nitrogen and oxygen atoms in total. The van der Waals surface area contributed by atoms with Crippen molar-refractivity contribution in [3.05, 3.63) is 54.0 Å². The second kappa shape index (κ2) is 4.20. The molecule has 2 aromatic heterocycles. The van der Waals surface area contributed by atoms with Crippen molar-refractivity contribution in [1.82, 2.24) is 13.7 Å². The van der Waals surface area contributed by atoms with Gasteiger partial charge in [-0.25, -0.2) is 0 Å². The van der Waals surface area contributed by atoms with Gasteiger partial charge in [0, 0.05) is 11.6 Å². The van der Waals surface area contributed by atoms with Gasteiger partial charge in [0.1, 0.15) is 11.8 Å². The first-order valence-corrected chi connectivity index (χ1v) is 5.88. The summed E-state index contributed by atoms with van der Waals surface area (Å²) >= 11 is 1.09. The second-order valence-electron chi connectivity index (χ2n) is 3.69. The van der Waals surface area contributed by atoms with Gasteiger partial charge in [0.2, 0.25) is 0 Å². The van der Waals surface area contributed by atoms with Crippen LogP contribution in [0.25, 0.3) is 10.9 Å². The summed E-state index contributed by atoms with van der Waals surface area (Å²) in [6.07, 6.45) is 2.62. The molecule has 0 amide bonds. The normalized spacial score (nSPS) is 12.8. The molecular formula is C12H9N3OS. The minimum atomic E-state index is -0.724. The molecule has 1 N–H and O–H groups in total. The molecule has 0 bridgehead atoms. The molecule has 0 spiro atoms. The Morgan fingerprint density at radius 1 is 1.24 bits per heavy atom. The first-order valence-electron chi connectivity index (χ1n) is 5.15. The van der Waals surface area contributed by atoms with Gasteiger partial charge in [-0.15, -0.1) is 0 Å². The van der Waals surface area contributed by atoms with Crippen molar-refractivity contribution in [2.24, 2.45) is 0 Å². The van der Waals surface area contributed by atoms with Gasteiger partial charge in [0.25, 0.3) is 0 Å². The molecule has 3 rings (SSSR count). The molecule has 84 valence electrons. The number of rotatable bonds is 2. The number of aliphatic hydroxyl groups excluding tert-OH is 1. The lowest BCUT2D eigenvalue weighted by Gasteiger charge is -2.08. The standard InChI is InChI=1S/C12H9N3OS/c16-12(11-7-14-17-15-11)9-3-4-10-8(6-9)2-1-5-13-10/h1-7,12,16H. The zero-order chi connectivity index (χ0) is 11.7. The van der Waals surface area contributed by atoms with E-state index in [1.807, 2.05) is 30.3 Å². The molecule has 1 aromatic carbocycles. The summed E-state index contributed by atoms with van der Waals surface area (Å²) in [4.78, 5) is 4.24. The summed E-state index contributed by atoms with van der Waals surface area (Å²) in [6, 6.07) is 9.53. The molecular weight excluding hydrogens is 234 g/mol. The van der Waals surface area contributed by atoms with Crippen molar-refractivity contribution in [3.63, 3.8) is 0 Å². The van der Waals surface area contributed by atoms with Crippen molar-refractivity contribution in [3.8, 4) is 0 Å². The second-order valence-corrected chi connectivity index (χ2v) is 4.25. The monoisotopic (exact) mass is 243 g/mol. The van der Waals surface area contributed by atoms with E-state index in [1.165, 1.54) is 0 Å². The number of aliphatic hydroxyl groups is 1. The van der Waals surface area contributed by atoms with E-state index in [4.69, 9.17) is 0 Å². The maximum absolute atomic E-state index is 10.1. The van der Waals surface area contributed by atoms with Gasteiger partial charge in [-0.3, -0.25) is 4.98 Å². The fraction of sp³-hybridized carbons (Fsp3) is 0.0833. The first-order chi connectivity index (χ1) is 8.34. The van der Waals surface area contributed by atoms with E-state index in [-0.39, 0.29) is 0 Å². The van der Waals surface area contributed by atoms with Crippen molar-refractivity contribution >= 4 is 22.6 Å². The maximum atomic E-state index is 10.1. The molecule has 17 heavy (non-hydrogen) atoms. The Hall–Kier alpha value is -1.85. The van der Waals surface area contributed by atoms with E-state index in [0.29, 0.717) is 5.69 Å². The molecule has 0 saturated heterocycles. The van der Waals surface area contributed by atoms with Crippen LogP contribution in [0.4, 0.5) is 0 Å². The molecule has 0 aliphatic carbocycles. The molecule has 2 heterocycles. The van der Waals surface area contributed by atoms with Gasteiger partial charge in [-0.2, -0.15) is 8.75 Å². The Morgan fingerprint density at radius 2 is 2.18 bits per heavy atom. The molecule has 0 saturated carbocycles. The Labute approximate surface area is 102 Å². The van der Waals surface area contributed by atoms with Crippen LogP contribution in [0.15, 0.2) is 42.7 Å². The van der Waals surface area contributed by atoms with Crippen LogP contribution in [0.5, 0.6) is 0 Å². The van der Waals surface area contributed by atoms with Gasteiger partial charge in [-0.1, -0.05) is 12.1 Å². The summed E-state index contributed by atoms with van der Waals surface area (Å²) in [7, 11) is 0. The van der Waals surface area contributed by atoms with Gasteiger partial charge in [-0.05, 0) is 23.8 Å². The van der Waals surface area contributed by atoms with Crippen LogP contribution in [0.3, 0.4) is 0 Å². The SMILES string of the molecule is OC(c1ccc2ncccc2c1)c1cnsn1. The van der Waals surface area contributed by atoms with Crippen molar-refractivity contribution in [1.29, 1.82) is 0 Å². The van der Waals surface area contributed by atoms with Crippen LogP contribution in [0.1, 0.15) is 17.4 Å². The quantitative estimate of drug-likeness (QED) is 0.749. The van der Waals surface area contributed by atoms with Gasteiger partial charge in [0.15, 0.2) is 0 Å². The summed E-state index contributed by atoms with van der Waals surface area (Å²) in [5.41, 5.74) is 2.30. The summed E-state index contributed by atoms with van der Waals surface area (Å²) in [5, 5.41) is 11.1. The molecule has 0 aliphatic heterocycles.